The molecule has 134 valence electrons. The zero-order valence-electron chi connectivity index (χ0n) is 14.8. The van der Waals surface area contributed by atoms with E-state index in [0.29, 0.717) is 5.17 Å². The van der Waals surface area contributed by atoms with Crippen LogP contribution in [0.4, 0.5) is 11.4 Å². The van der Waals surface area contributed by atoms with Gasteiger partial charge in [0.05, 0.1) is 5.69 Å². The molecule has 2 amide bonds. The minimum atomic E-state index is -0.447. The van der Waals surface area contributed by atoms with Gasteiger partial charge in [-0.3, -0.25) is 14.5 Å². The molecule has 1 N–H and O–H groups in total. The average molecular weight is 367 g/mol. The quantitative estimate of drug-likeness (QED) is 0.873. The lowest BCUT2D eigenvalue weighted by Crippen LogP contribution is -2.30. The van der Waals surface area contributed by atoms with Crippen LogP contribution in [0.25, 0.3) is 0 Å². The molecule has 0 saturated carbocycles. The fourth-order valence-corrected chi connectivity index (χ4v) is 3.77. The molecule has 0 radical (unpaired) electrons. The summed E-state index contributed by atoms with van der Waals surface area (Å²) in [4.78, 5) is 30.7. The number of para-hydroxylation sites is 1. The highest BCUT2D eigenvalue weighted by Crippen LogP contribution is 2.30. The van der Waals surface area contributed by atoms with Crippen LogP contribution in [0.5, 0.6) is 0 Å². The summed E-state index contributed by atoms with van der Waals surface area (Å²) in [5, 5.41) is 2.99. The van der Waals surface area contributed by atoms with Crippen molar-refractivity contribution in [3.63, 3.8) is 0 Å². The third kappa shape index (κ3) is 4.32. The lowest BCUT2D eigenvalue weighted by Gasteiger charge is -2.09. The summed E-state index contributed by atoms with van der Waals surface area (Å²) in [5.41, 5.74) is 2.78. The second-order valence-corrected chi connectivity index (χ2v) is 7.21. The number of amides is 2. The van der Waals surface area contributed by atoms with E-state index in [1.165, 1.54) is 22.2 Å². The van der Waals surface area contributed by atoms with E-state index in [2.05, 4.69) is 17.2 Å². The van der Waals surface area contributed by atoms with Gasteiger partial charge in [-0.15, -0.1) is 0 Å². The van der Waals surface area contributed by atoms with Crippen molar-refractivity contribution in [2.75, 3.05) is 12.4 Å². The number of thioether (sulfide) groups is 1. The summed E-state index contributed by atoms with van der Waals surface area (Å²) >= 11 is 1.34. The number of carbonyl (C=O) groups excluding carboxylic acids is 2. The Balaban J connectivity index is 1.66. The minimum absolute atomic E-state index is 0.0952. The number of rotatable bonds is 5. The van der Waals surface area contributed by atoms with Gasteiger partial charge in [0.2, 0.25) is 11.8 Å². The molecular weight excluding hydrogens is 346 g/mol. The van der Waals surface area contributed by atoms with Gasteiger partial charge in [-0.05, 0) is 36.2 Å². The van der Waals surface area contributed by atoms with Gasteiger partial charge in [0.1, 0.15) is 5.25 Å². The van der Waals surface area contributed by atoms with E-state index in [0.717, 1.165) is 17.8 Å². The molecule has 1 atom stereocenters. The SMILES string of the molecule is CCc1ccc(N=C2S[C@H](CC(=O)Nc3ccccc3)C(=O)N2C)cc1. The van der Waals surface area contributed by atoms with Gasteiger partial charge in [-0.1, -0.05) is 49.0 Å². The van der Waals surface area contributed by atoms with Crippen LogP contribution in [0.3, 0.4) is 0 Å². The highest BCUT2D eigenvalue weighted by atomic mass is 32.2. The number of nitrogens with zero attached hydrogens (tertiary/aromatic N) is 2. The van der Waals surface area contributed by atoms with E-state index in [9.17, 15) is 9.59 Å². The number of benzene rings is 2. The predicted molar refractivity (Wildman–Crippen MR) is 107 cm³/mol. The minimum Gasteiger partial charge on any atom is -0.326 e. The maximum Gasteiger partial charge on any atom is 0.242 e. The van der Waals surface area contributed by atoms with Crippen LogP contribution in [-0.2, 0) is 16.0 Å². The summed E-state index contributed by atoms with van der Waals surface area (Å²) < 4.78 is 0. The van der Waals surface area contributed by atoms with Gasteiger partial charge < -0.3 is 5.32 Å². The first kappa shape index (κ1) is 18.2. The van der Waals surface area contributed by atoms with Gasteiger partial charge in [0.25, 0.3) is 0 Å². The Bertz CT molecular complexity index is 819. The van der Waals surface area contributed by atoms with Crippen molar-refractivity contribution in [1.29, 1.82) is 0 Å². The second-order valence-electron chi connectivity index (χ2n) is 6.04. The highest BCUT2D eigenvalue weighted by Gasteiger charge is 2.36. The molecule has 1 aliphatic heterocycles. The second kappa shape index (κ2) is 8.19. The van der Waals surface area contributed by atoms with Crippen LogP contribution in [0.2, 0.25) is 0 Å². The Morgan fingerprint density at radius 3 is 2.50 bits per heavy atom. The van der Waals surface area contributed by atoms with Crippen LogP contribution in [-0.4, -0.2) is 34.2 Å². The Morgan fingerprint density at radius 2 is 1.85 bits per heavy atom. The largest absolute Gasteiger partial charge is 0.326 e. The maximum absolute atomic E-state index is 12.4. The summed E-state index contributed by atoms with van der Waals surface area (Å²) in [5.74, 6) is -0.272. The zero-order chi connectivity index (χ0) is 18.5. The van der Waals surface area contributed by atoms with E-state index in [1.54, 1.807) is 7.05 Å². The molecule has 1 fully saturated rings. The maximum atomic E-state index is 12.4. The molecule has 6 heteroatoms. The normalized spacial score (nSPS) is 18.4. The van der Waals surface area contributed by atoms with Crippen LogP contribution < -0.4 is 5.32 Å². The molecule has 2 aromatic rings. The Labute approximate surface area is 157 Å². The number of amidine groups is 1. The van der Waals surface area contributed by atoms with Gasteiger partial charge >= 0.3 is 0 Å². The topological polar surface area (TPSA) is 61.8 Å². The third-order valence-corrected chi connectivity index (χ3v) is 5.37. The molecule has 5 nitrogen and oxygen atoms in total. The number of anilines is 1. The van der Waals surface area contributed by atoms with Gasteiger partial charge in [-0.25, -0.2) is 4.99 Å². The van der Waals surface area contributed by atoms with E-state index < -0.39 is 5.25 Å². The predicted octanol–water partition coefficient (Wildman–Crippen LogP) is 3.84. The number of nitrogens with one attached hydrogen (secondary N) is 1. The summed E-state index contributed by atoms with van der Waals surface area (Å²) in [7, 11) is 1.70. The summed E-state index contributed by atoms with van der Waals surface area (Å²) in [6.45, 7) is 2.10. The van der Waals surface area contributed by atoms with Gasteiger partial charge in [-0.2, -0.15) is 0 Å². The molecule has 3 rings (SSSR count). The first-order valence-electron chi connectivity index (χ1n) is 8.53. The molecule has 0 bridgehead atoms. The van der Waals surface area contributed by atoms with Gasteiger partial charge in [0, 0.05) is 19.2 Å². The number of hydrogen-bond donors (Lipinski definition) is 1. The molecule has 26 heavy (non-hydrogen) atoms. The van der Waals surface area contributed by atoms with E-state index in [1.807, 2.05) is 54.6 Å². The van der Waals surface area contributed by atoms with Crippen molar-refractivity contribution in [2.45, 2.75) is 25.0 Å². The fourth-order valence-electron chi connectivity index (χ4n) is 2.62. The van der Waals surface area contributed by atoms with Crippen LogP contribution in [0.15, 0.2) is 59.6 Å². The smallest absolute Gasteiger partial charge is 0.242 e. The average Bonchev–Trinajstić information content (AvgIpc) is 2.91. The fraction of sp³-hybridized carbons (Fsp3) is 0.250. The van der Waals surface area contributed by atoms with Crippen molar-refractivity contribution in [3.05, 3.63) is 60.2 Å². The first-order valence-corrected chi connectivity index (χ1v) is 9.41. The van der Waals surface area contributed by atoms with E-state index in [-0.39, 0.29) is 18.2 Å². The molecule has 0 spiro atoms. The zero-order valence-corrected chi connectivity index (χ0v) is 15.6. The van der Waals surface area contributed by atoms with Gasteiger partial charge in [0.15, 0.2) is 5.17 Å². The first-order chi connectivity index (χ1) is 12.6. The van der Waals surface area contributed by atoms with Crippen LogP contribution in [0.1, 0.15) is 18.9 Å². The van der Waals surface area contributed by atoms with Crippen LogP contribution in [0, 0.1) is 0 Å². The van der Waals surface area contributed by atoms with Crippen molar-refractivity contribution in [1.82, 2.24) is 4.90 Å². The molecule has 1 heterocycles. The standard InChI is InChI=1S/C20H21N3O2S/c1-3-14-9-11-16(12-10-14)22-20-23(2)19(25)17(26-20)13-18(24)21-15-7-5-4-6-8-15/h4-12,17H,3,13H2,1-2H3,(H,21,24)/t17-/m1/s1. The molecule has 0 aliphatic carbocycles. The molecule has 2 aromatic carbocycles. The molecule has 1 saturated heterocycles. The number of aliphatic imine (C=N–C) groups is 1. The van der Waals surface area contributed by atoms with E-state index >= 15 is 0 Å². The molecule has 0 aromatic heterocycles. The van der Waals surface area contributed by atoms with Crippen molar-refractivity contribution in [2.24, 2.45) is 4.99 Å². The van der Waals surface area contributed by atoms with Crippen molar-refractivity contribution >= 4 is 40.1 Å². The van der Waals surface area contributed by atoms with Crippen LogP contribution >= 0.6 is 11.8 Å². The summed E-state index contributed by atoms with van der Waals surface area (Å²) in [6, 6.07) is 17.2. The highest BCUT2D eigenvalue weighted by molar-refractivity contribution is 8.15. The number of aryl methyl sites for hydroxylation is 1. The monoisotopic (exact) mass is 367 g/mol. The van der Waals surface area contributed by atoms with Crippen molar-refractivity contribution < 1.29 is 9.59 Å². The lowest BCUT2D eigenvalue weighted by atomic mass is 10.2. The Kier molecular flexibility index (Phi) is 5.73. The Hall–Kier alpha value is -2.60. The summed E-state index contributed by atoms with van der Waals surface area (Å²) in [6.07, 6.45) is 1.10. The third-order valence-electron chi connectivity index (χ3n) is 4.14. The van der Waals surface area contributed by atoms with E-state index in [4.69, 9.17) is 0 Å². The molecule has 0 unspecified atom stereocenters. The molecular formula is C20H21N3O2S. The lowest BCUT2D eigenvalue weighted by molar-refractivity contribution is -0.127. The number of carbonyl (C=O) groups is 2. The number of hydrogen-bond acceptors (Lipinski definition) is 4. The molecule has 1 aliphatic rings. The Morgan fingerprint density at radius 1 is 1.15 bits per heavy atom. The van der Waals surface area contributed by atoms with Crippen molar-refractivity contribution in [3.8, 4) is 0 Å².